The third kappa shape index (κ3) is 5.12. The molecule has 3 aromatic rings. The molecule has 0 aromatic heterocycles. The Morgan fingerprint density at radius 3 is 2.37 bits per heavy atom. The normalized spacial score (nSPS) is 11.4. The molecule has 0 aliphatic carbocycles. The van der Waals surface area contributed by atoms with Gasteiger partial charge in [0.15, 0.2) is 0 Å². The number of carbonyl (C=O) groups is 1. The molecule has 1 amide bonds. The second-order valence-corrected chi connectivity index (χ2v) is 7.83. The topological polar surface area (TPSA) is 75.3 Å². The van der Waals surface area contributed by atoms with Crippen LogP contribution in [0.5, 0.6) is 0 Å². The molecule has 27 heavy (non-hydrogen) atoms. The zero-order chi connectivity index (χ0) is 19.3. The summed E-state index contributed by atoms with van der Waals surface area (Å²) in [6, 6.07) is 18.4. The zero-order valence-corrected chi connectivity index (χ0v) is 15.3. The average molecular weight is 386 g/mol. The van der Waals surface area contributed by atoms with Gasteiger partial charge in [0.2, 0.25) is 15.9 Å². The van der Waals surface area contributed by atoms with E-state index in [0.717, 1.165) is 28.5 Å². The van der Waals surface area contributed by atoms with Crippen LogP contribution in [0.4, 0.5) is 4.39 Å². The summed E-state index contributed by atoms with van der Waals surface area (Å²) in [7, 11) is -3.76. The van der Waals surface area contributed by atoms with E-state index < -0.39 is 15.8 Å². The lowest BCUT2D eigenvalue weighted by Gasteiger charge is -2.08. The van der Waals surface area contributed by atoms with Gasteiger partial charge in [0.1, 0.15) is 5.82 Å². The Morgan fingerprint density at radius 1 is 0.926 bits per heavy atom. The fraction of sp³-hybridized carbons (Fsp3) is 0.150. The minimum Gasteiger partial charge on any atom is -0.352 e. The van der Waals surface area contributed by atoms with Crippen LogP contribution in [0.2, 0.25) is 0 Å². The van der Waals surface area contributed by atoms with Gasteiger partial charge in [-0.3, -0.25) is 4.79 Å². The Bertz CT molecular complexity index is 1050. The molecular weight excluding hydrogens is 367 g/mol. The van der Waals surface area contributed by atoms with Gasteiger partial charge in [-0.1, -0.05) is 36.4 Å². The SMILES string of the molecule is O=C(CCNS(=O)(=O)c1ccc(F)cc1)NCc1ccc2ccccc2c1. The molecule has 0 atom stereocenters. The lowest BCUT2D eigenvalue weighted by molar-refractivity contribution is -0.121. The van der Waals surface area contributed by atoms with Gasteiger partial charge in [-0.2, -0.15) is 0 Å². The number of carbonyl (C=O) groups excluding carboxylic acids is 1. The smallest absolute Gasteiger partial charge is 0.240 e. The first-order chi connectivity index (χ1) is 12.9. The Balaban J connectivity index is 1.48. The van der Waals surface area contributed by atoms with E-state index in [-0.39, 0.29) is 23.8 Å². The molecule has 0 unspecified atom stereocenters. The fourth-order valence-corrected chi connectivity index (χ4v) is 3.67. The van der Waals surface area contributed by atoms with Crippen LogP contribution in [0, 0.1) is 5.82 Å². The van der Waals surface area contributed by atoms with Crippen molar-refractivity contribution < 1.29 is 17.6 Å². The molecular formula is C20H19FN2O3S. The summed E-state index contributed by atoms with van der Waals surface area (Å²) in [6.45, 7) is 0.331. The summed E-state index contributed by atoms with van der Waals surface area (Å²) in [5.74, 6) is -0.771. The van der Waals surface area contributed by atoms with Gasteiger partial charge in [-0.25, -0.2) is 17.5 Å². The number of hydrogen-bond acceptors (Lipinski definition) is 3. The summed E-state index contributed by atoms with van der Waals surface area (Å²) in [5.41, 5.74) is 0.967. The molecule has 0 aliphatic heterocycles. The van der Waals surface area contributed by atoms with E-state index in [0.29, 0.717) is 6.54 Å². The molecule has 3 aromatic carbocycles. The molecule has 5 nitrogen and oxygen atoms in total. The van der Waals surface area contributed by atoms with Crippen LogP contribution in [0.3, 0.4) is 0 Å². The van der Waals surface area contributed by atoms with E-state index in [9.17, 15) is 17.6 Å². The third-order valence-electron chi connectivity index (χ3n) is 4.07. The molecule has 0 saturated heterocycles. The highest BCUT2D eigenvalue weighted by atomic mass is 32.2. The van der Waals surface area contributed by atoms with E-state index in [1.807, 2.05) is 42.5 Å². The van der Waals surface area contributed by atoms with Gasteiger partial charge < -0.3 is 5.32 Å². The van der Waals surface area contributed by atoms with Gasteiger partial charge >= 0.3 is 0 Å². The van der Waals surface area contributed by atoms with E-state index >= 15 is 0 Å². The van der Waals surface area contributed by atoms with Crippen molar-refractivity contribution in [1.82, 2.24) is 10.0 Å². The van der Waals surface area contributed by atoms with Crippen molar-refractivity contribution in [3.63, 3.8) is 0 Å². The third-order valence-corrected chi connectivity index (χ3v) is 5.55. The summed E-state index contributed by atoms with van der Waals surface area (Å²) < 4.78 is 39.3. The number of nitrogens with one attached hydrogen (secondary N) is 2. The summed E-state index contributed by atoms with van der Waals surface area (Å²) in [4.78, 5) is 11.9. The number of hydrogen-bond donors (Lipinski definition) is 2. The van der Waals surface area contributed by atoms with Gasteiger partial charge in [-0.15, -0.1) is 0 Å². The molecule has 0 saturated carbocycles. The van der Waals surface area contributed by atoms with Crippen molar-refractivity contribution in [2.24, 2.45) is 0 Å². The molecule has 7 heteroatoms. The Hall–Kier alpha value is -2.77. The van der Waals surface area contributed by atoms with Crippen molar-refractivity contribution in [3.8, 4) is 0 Å². The van der Waals surface area contributed by atoms with E-state index in [1.165, 1.54) is 12.1 Å². The molecule has 3 rings (SSSR count). The lowest BCUT2D eigenvalue weighted by Crippen LogP contribution is -2.30. The van der Waals surface area contributed by atoms with Crippen LogP contribution in [0.15, 0.2) is 71.6 Å². The van der Waals surface area contributed by atoms with Crippen molar-refractivity contribution in [2.45, 2.75) is 17.9 Å². The Morgan fingerprint density at radius 2 is 1.63 bits per heavy atom. The van der Waals surface area contributed by atoms with Gasteiger partial charge in [0, 0.05) is 19.5 Å². The predicted molar refractivity (Wildman–Crippen MR) is 102 cm³/mol. The largest absolute Gasteiger partial charge is 0.352 e. The standard InChI is InChI=1S/C20H19FN2O3S/c21-18-7-9-19(10-8-18)27(25,26)23-12-11-20(24)22-14-15-5-6-16-3-1-2-4-17(16)13-15/h1-10,13,23H,11-12,14H2,(H,22,24). The van der Waals surface area contributed by atoms with Crippen LogP contribution in [0.1, 0.15) is 12.0 Å². The fourth-order valence-electron chi connectivity index (χ4n) is 2.63. The number of benzene rings is 3. The number of halogens is 1. The highest BCUT2D eigenvalue weighted by Crippen LogP contribution is 2.15. The molecule has 2 N–H and O–H groups in total. The molecule has 0 heterocycles. The van der Waals surface area contributed by atoms with E-state index in [4.69, 9.17) is 0 Å². The Labute approximate surface area is 157 Å². The molecule has 0 aliphatic rings. The second kappa shape index (κ2) is 8.28. The molecule has 140 valence electrons. The Kier molecular flexibility index (Phi) is 5.83. The summed E-state index contributed by atoms with van der Waals surface area (Å²) >= 11 is 0. The first-order valence-electron chi connectivity index (χ1n) is 8.44. The number of sulfonamides is 1. The maximum absolute atomic E-state index is 12.9. The van der Waals surface area contributed by atoms with Crippen molar-refractivity contribution in [3.05, 3.63) is 78.1 Å². The van der Waals surface area contributed by atoms with E-state index in [1.54, 1.807) is 0 Å². The van der Waals surface area contributed by atoms with Gasteiger partial charge in [0.05, 0.1) is 4.90 Å². The molecule has 0 spiro atoms. The van der Waals surface area contributed by atoms with Gasteiger partial charge in [-0.05, 0) is 46.7 Å². The molecule has 0 bridgehead atoms. The van der Waals surface area contributed by atoms with Crippen molar-refractivity contribution >= 4 is 26.7 Å². The van der Waals surface area contributed by atoms with Crippen molar-refractivity contribution in [1.29, 1.82) is 0 Å². The monoisotopic (exact) mass is 386 g/mol. The number of fused-ring (bicyclic) bond motifs is 1. The number of amides is 1. The highest BCUT2D eigenvalue weighted by molar-refractivity contribution is 7.89. The lowest BCUT2D eigenvalue weighted by atomic mass is 10.1. The van der Waals surface area contributed by atoms with Crippen LogP contribution >= 0.6 is 0 Å². The first-order valence-corrected chi connectivity index (χ1v) is 9.92. The minimum atomic E-state index is -3.76. The first kappa shape index (κ1) is 19.0. The summed E-state index contributed by atoms with van der Waals surface area (Å²) in [5, 5.41) is 5.00. The van der Waals surface area contributed by atoms with Crippen LogP contribution in [0.25, 0.3) is 10.8 Å². The number of rotatable bonds is 7. The average Bonchev–Trinajstić information content (AvgIpc) is 2.66. The minimum absolute atomic E-state index is 0.00794. The predicted octanol–water partition coefficient (Wildman–Crippen LogP) is 2.96. The molecule has 0 fully saturated rings. The quantitative estimate of drug-likeness (QED) is 0.656. The summed E-state index contributed by atoms with van der Waals surface area (Å²) in [6.07, 6.45) is 0.00794. The van der Waals surface area contributed by atoms with E-state index in [2.05, 4.69) is 10.0 Å². The molecule has 0 radical (unpaired) electrons. The van der Waals surface area contributed by atoms with Crippen LogP contribution in [-0.2, 0) is 21.4 Å². The zero-order valence-electron chi connectivity index (χ0n) is 14.5. The second-order valence-electron chi connectivity index (χ2n) is 6.06. The van der Waals surface area contributed by atoms with Gasteiger partial charge in [0.25, 0.3) is 0 Å². The van der Waals surface area contributed by atoms with Crippen molar-refractivity contribution in [2.75, 3.05) is 6.54 Å². The maximum Gasteiger partial charge on any atom is 0.240 e. The van der Waals surface area contributed by atoms with Crippen LogP contribution in [-0.4, -0.2) is 20.9 Å². The maximum atomic E-state index is 12.9. The highest BCUT2D eigenvalue weighted by Gasteiger charge is 2.14. The van der Waals surface area contributed by atoms with Crippen LogP contribution < -0.4 is 10.0 Å².